The van der Waals surface area contributed by atoms with Crippen molar-refractivity contribution < 1.29 is 8.42 Å². The van der Waals surface area contributed by atoms with Crippen molar-refractivity contribution in [2.75, 3.05) is 6.54 Å². The minimum Gasteiger partial charge on any atom is -0.293 e. The molecule has 0 aromatic carbocycles. The highest BCUT2D eigenvalue weighted by molar-refractivity contribution is 7.89. The summed E-state index contributed by atoms with van der Waals surface area (Å²) in [6.45, 7) is 7.12. The van der Waals surface area contributed by atoms with E-state index in [0.717, 1.165) is 0 Å². The van der Waals surface area contributed by atoms with Gasteiger partial charge in [0.15, 0.2) is 0 Å². The Hall–Kier alpha value is -0.650. The molecule has 0 heterocycles. The summed E-state index contributed by atoms with van der Waals surface area (Å²) in [7, 11) is -3.56. The molecule has 0 aromatic rings. The topological polar surface area (TPSA) is 72.2 Å². The summed E-state index contributed by atoms with van der Waals surface area (Å²) in [4.78, 5) is 0. The van der Waals surface area contributed by atoms with Crippen LogP contribution in [-0.4, -0.2) is 20.3 Å². The molecule has 0 aromatic heterocycles. The summed E-state index contributed by atoms with van der Waals surface area (Å²) < 4.78 is 21.4. The average Bonchev–Trinajstić information content (AvgIpc) is 1.87. The zero-order valence-electron chi connectivity index (χ0n) is 6.16. The van der Waals surface area contributed by atoms with E-state index >= 15 is 0 Å². The van der Waals surface area contributed by atoms with Crippen LogP contribution in [0.2, 0.25) is 0 Å². The first-order valence-corrected chi connectivity index (χ1v) is 4.61. The normalized spacial score (nSPS) is 13.9. The summed E-state index contributed by atoms with van der Waals surface area (Å²) in [5.41, 5.74) is 0. The Kier molecular flexibility index (Phi) is 4.02. The summed E-state index contributed by atoms with van der Waals surface area (Å²) in [5.74, 6) is 0. The molecule has 64 valence electrons. The SMILES string of the molecule is C=CCNC(C=C)S(N)(=O)=O. The van der Waals surface area contributed by atoms with Crippen LogP contribution in [0, 0.1) is 0 Å². The third-order valence-corrected chi connectivity index (χ3v) is 2.10. The van der Waals surface area contributed by atoms with E-state index in [-0.39, 0.29) is 0 Å². The van der Waals surface area contributed by atoms with Crippen LogP contribution < -0.4 is 10.5 Å². The highest BCUT2D eigenvalue weighted by Crippen LogP contribution is 1.91. The third kappa shape index (κ3) is 3.92. The molecule has 0 spiro atoms. The van der Waals surface area contributed by atoms with Crippen LogP contribution in [-0.2, 0) is 10.0 Å². The predicted molar refractivity (Wildman–Crippen MR) is 45.3 cm³/mol. The quantitative estimate of drug-likeness (QED) is 0.558. The van der Waals surface area contributed by atoms with E-state index in [9.17, 15) is 8.42 Å². The van der Waals surface area contributed by atoms with Gasteiger partial charge in [0, 0.05) is 6.54 Å². The number of hydrogen-bond donors (Lipinski definition) is 2. The number of primary sulfonamides is 1. The maximum Gasteiger partial charge on any atom is 0.228 e. The number of nitrogens with two attached hydrogens (primary N) is 1. The van der Waals surface area contributed by atoms with E-state index in [1.807, 2.05) is 0 Å². The Balaban J connectivity index is 4.18. The molecular formula is C6H12N2O2S. The molecular weight excluding hydrogens is 164 g/mol. The second kappa shape index (κ2) is 4.27. The largest absolute Gasteiger partial charge is 0.293 e. The smallest absolute Gasteiger partial charge is 0.228 e. The average molecular weight is 176 g/mol. The zero-order valence-corrected chi connectivity index (χ0v) is 6.97. The molecule has 0 bridgehead atoms. The molecule has 0 rings (SSSR count). The maximum atomic E-state index is 10.7. The second-order valence-corrected chi connectivity index (χ2v) is 3.63. The molecule has 0 aliphatic heterocycles. The van der Waals surface area contributed by atoms with Crippen LogP contribution in [0.25, 0.3) is 0 Å². The fourth-order valence-corrected chi connectivity index (χ4v) is 1.13. The van der Waals surface area contributed by atoms with Crippen molar-refractivity contribution in [2.45, 2.75) is 5.37 Å². The van der Waals surface area contributed by atoms with Crippen molar-refractivity contribution in [1.29, 1.82) is 0 Å². The molecule has 0 saturated heterocycles. The standard InChI is InChI=1S/C6H12N2O2S/c1-3-5-8-6(4-2)11(7,9)10/h3-4,6,8H,1-2,5H2,(H2,7,9,10). The molecule has 11 heavy (non-hydrogen) atoms. The van der Waals surface area contributed by atoms with E-state index in [0.29, 0.717) is 6.54 Å². The Morgan fingerprint density at radius 3 is 2.36 bits per heavy atom. The predicted octanol–water partition coefficient (Wildman–Crippen LogP) is -0.437. The molecule has 0 aliphatic carbocycles. The van der Waals surface area contributed by atoms with Gasteiger partial charge in [0.1, 0.15) is 5.37 Å². The van der Waals surface area contributed by atoms with Gasteiger partial charge in [-0.15, -0.1) is 13.2 Å². The molecule has 1 unspecified atom stereocenters. The molecule has 5 heteroatoms. The van der Waals surface area contributed by atoms with Crippen LogP contribution in [0.1, 0.15) is 0 Å². The van der Waals surface area contributed by atoms with Crippen LogP contribution in [0.4, 0.5) is 0 Å². The Labute approximate surface area is 66.8 Å². The fraction of sp³-hybridized carbons (Fsp3) is 0.333. The lowest BCUT2D eigenvalue weighted by molar-refractivity contribution is 0.579. The van der Waals surface area contributed by atoms with Gasteiger partial charge in [-0.25, -0.2) is 13.6 Å². The molecule has 0 amide bonds. The lowest BCUT2D eigenvalue weighted by Gasteiger charge is -2.09. The van der Waals surface area contributed by atoms with Gasteiger partial charge in [-0.3, -0.25) is 5.32 Å². The monoisotopic (exact) mass is 176 g/mol. The van der Waals surface area contributed by atoms with Gasteiger partial charge in [0.25, 0.3) is 0 Å². The van der Waals surface area contributed by atoms with Crippen molar-refractivity contribution in [3.05, 3.63) is 25.3 Å². The first-order valence-electron chi connectivity index (χ1n) is 3.01. The summed E-state index contributed by atoms with van der Waals surface area (Å²) >= 11 is 0. The van der Waals surface area contributed by atoms with E-state index in [2.05, 4.69) is 18.5 Å². The lowest BCUT2D eigenvalue weighted by atomic mass is 10.5. The molecule has 1 atom stereocenters. The van der Waals surface area contributed by atoms with Gasteiger partial charge in [-0.1, -0.05) is 12.2 Å². The van der Waals surface area contributed by atoms with Crippen LogP contribution in [0.3, 0.4) is 0 Å². The first-order chi connectivity index (χ1) is 5.02. The van der Waals surface area contributed by atoms with Crippen molar-refractivity contribution in [3.8, 4) is 0 Å². The van der Waals surface area contributed by atoms with E-state index in [1.54, 1.807) is 6.08 Å². The zero-order chi connectivity index (χ0) is 8.91. The second-order valence-electron chi connectivity index (χ2n) is 1.94. The van der Waals surface area contributed by atoms with Gasteiger partial charge in [-0.05, 0) is 0 Å². The van der Waals surface area contributed by atoms with Gasteiger partial charge >= 0.3 is 0 Å². The maximum absolute atomic E-state index is 10.7. The first kappa shape index (κ1) is 10.3. The summed E-state index contributed by atoms with van der Waals surface area (Å²) in [5, 5.41) is 6.56. The van der Waals surface area contributed by atoms with Crippen LogP contribution in [0.5, 0.6) is 0 Å². The van der Waals surface area contributed by atoms with Gasteiger partial charge in [0.05, 0.1) is 0 Å². The fourth-order valence-electron chi connectivity index (χ4n) is 0.533. The van der Waals surface area contributed by atoms with Crippen LogP contribution in [0.15, 0.2) is 25.3 Å². The van der Waals surface area contributed by atoms with Crippen molar-refractivity contribution >= 4 is 10.0 Å². The summed E-state index contributed by atoms with van der Waals surface area (Å²) in [6, 6.07) is 0. The highest BCUT2D eigenvalue weighted by Gasteiger charge is 2.14. The molecule has 0 aliphatic rings. The van der Waals surface area contributed by atoms with Gasteiger partial charge in [0.2, 0.25) is 10.0 Å². The van der Waals surface area contributed by atoms with Crippen molar-refractivity contribution in [2.24, 2.45) is 5.14 Å². The highest BCUT2D eigenvalue weighted by atomic mass is 32.2. The lowest BCUT2D eigenvalue weighted by Crippen LogP contribution is -2.39. The molecule has 0 saturated carbocycles. The molecule has 0 radical (unpaired) electrons. The third-order valence-electron chi connectivity index (χ3n) is 1.03. The van der Waals surface area contributed by atoms with Crippen molar-refractivity contribution in [3.63, 3.8) is 0 Å². The number of rotatable bonds is 5. The summed E-state index contributed by atoms with van der Waals surface area (Å²) in [6.07, 6.45) is 2.78. The van der Waals surface area contributed by atoms with E-state index in [1.165, 1.54) is 6.08 Å². The molecule has 0 fully saturated rings. The van der Waals surface area contributed by atoms with E-state index < -0.39 is 15.4 Å². The minimum absolute atomic E-state index is 0.382. The molecule has 4 nitrogen and oxygen atoms in total. The Bertz CT molecular complexity index is 233. The van der Waals surface area contributed by atoms with Crippen LogP contribution >= 0.6 is 0 Å². The van der Waals surface area contributed by atoms with Gasteiger partial charge in [-0.2, -0.15) is 0 Å². The van der Waals surface area contributed by atoms with E-state index in [4.69, 9.17) is 5.14 Å². The minimum atomic E-state index is -3.56. The Morgan fingerprint density at radius 1 is 1.55 bits per heavy atom. The van der Waals surface area contributed by atoms with Gasteiger partial charge < -0.3 is 0 Å². The Morgan fingerprint density at radius 2 is 2.09 bits per heavy atom. The number of hydrogen-bond acceptors (Lipinski definition) is 3. The number of nitrogens with one attached hydrogen (secondary N) is 1. The number of sulfonamides is 1. The van der Waals surface area contributed by atoms with Crippen molar-refractivity contribution in [1.82, 2.24) is 5.32 Å². The molecule has 3 N–H and O–H groups in total.